The van der Waals surface area contributed by atoms with E-state index in [1.807, 2.05) is 25.1 Å². The van der Waals surface area contributed by atoms with Gasteiger partial charge in [0.05, 0.1) is 35.3 Å². The molecule has 9 nitrogen and oxygen atoms in total. The number of aliphatic hydroxyl groups excluding tert-OH is 1. The lowest BCUT2D eigenvalue weighted by atomic mass is 10.0. The Morgan fingerprint density at radius 1 is 1.02 bits per heavy atom. The number of amides is 1. The van der Waals surface area contributed by atoms with E-state index < -0.39 is 16.1 Å². The van der Waals surface area contributed by atoms with Crippen LogP contribution in [0.4, 0.5) is 5.69 Å². The molecule has 0 spiro atoms. The first-order chi connectivity index (χ1) is 21.6. The Morgan fingerprint density at radius 2 is 1.71 bits per heavy atom. The van der Waals surface area contributed by atoms with Gasteiger partial charge in [-0.15, -0.1) is 0 Å². The number of benzene rings is 3. The molecule has 244 valence electrons. The van der Waals surface area contributed by atoms with Crippen LogP contribution in [-0.2, 0) is 21.3 Å². The molecular formula is C35H47N3O6S. The van der Waals surface area contributed by atoms with Crippen molar-refractivity contribution in [1.29, 1.82) is 0 Å². The molecule has 1 amide bonds. The van der Waals surface area contributed by atoms with Crippen LogP contribution < -0.4 is 9.46 Å². The van der Waals surface area contributed by atoms with Crippen molar-refractivity contribution in [2.45, 2.75) is 69.7 Å². The maximum absolute atomic E-state index is 14.3. The number of ether oxygens (including phenoxy) is 2. The Bertz CT molecular complexity index is 1470. The predicted octanol–water partition coefficient (Wildman–Crippen LogP) is 5.41. The standard InChI is InChI=1S/C35H47N3O6S/c1-26-22-38(27(2)25-39)35(40)32-21-30(36-45(41,42)31-16-9-6-10-17-31)18-19-33(32)44-28(3)13-11-12-20-43-34(26)24-37(4)23-29-14-7-5-8-15-29/h5-10,14-19,21,26-28,34,36,39H,11-13,20,22-25H2,1-4H3/t26-,27+,28-,34-/m0/s1. The molecule has 3 aromatic carbocycles. The number of carbonyl (C=O) groups is 1. The molecule has 2 N–H and O–H groups in total. The van der Waals surface area contributed by atoms with Crippen LogP contribution >= 0.6 is 0 Å². The predicted molar refractivity (Wildman–Crippen MR) is 177 cm³/mol. The number of nitrogens with zero attached hydrogens (tertiary/aromatic N) is 2. The molecule has 1 heterocycles. The first kappa shape index (κ1) is 34.4. The highest BCUT2D eigenvalue weighted by Gasteiger charge is 2.30. The van der Waals surface area contributed by atoms with Crippen molar-refractivity contribution < 1.29 is 27.8 Å². The number of sulfonamides is 1. The van der Waals surface area contributed by atoms with Crippen LogP contribution in [0.5, 0.6) is 5.75 Å². The first-order valence-electron chi connectivity index (χ1n) is 15.7. The zero-order chi connectivity index (χ0) is 32.4. The van der Waals surface area contributed by atoms with E-state index in [4.69, 9.17) is 9.47 Å². The topological polar surface area (TPSA) is 108 Å². The number of anilines is 1. The van der Waals surface area contributed by atoms with Crippen LogP contribution in [0.25, 0.3) is 0 Å². The highest BCUT2D eigenvalue weighted by Crippen LogP contribution is 2.29. The molecule has 0 unspecified atom stereocenters. The molecule has 1 aliphatic rings. The number of hydrogen-bond acceptors (Lipinski definition) is 7. The van der Waals surface area contributed by atoms with Crippen molar-refractivity contribution in [3.05, 3.63) is 90.0 Å². The van der Waals surface area contributed by atoms with E-state index in [9.17, 15) is 18.3 Å². The van der Waals surface area contributed by atoms with Crippen LogP contribution in [0.2, 0.25) is 0 Å². The molecule has 4 atom stereocenters. The Balaban J connectivity index is 1.64. The normalized spacial score (nSPS) is 21.0. The fourth-order valence-corrected chi connectivity index (χ4v) is 6.60. The summed E-state index contributed by atoms with van der Waals surface area (Å²) in [6, 6.07) is 22.6. The summed E-state index contributed by atoms with van der Waals surface area (Å²) < 4.78 is 41.5. The summed E-state index contributed by atoms with van der Waals surface area (Å²) >= 11 is 0. The summed E-state index contributed by atoms with van der Waals surface area (Å²) in [4.78, 5) is 18.3. The number of fused-ring (bicyclic) bond motifs is 1. The van der Waals surface area contributed by atoms with E-state index >= 15 is 0 Å². The monoisotopic (exact) mass is 637 g/mol. The van der Waals surface area contributed by atoms with Gasteiger partial charge in [-0.05, 0) is 76.1 Å². The average molecular weight is 638 g/mol. The number of nitrogens with one attached hydrogen (secondary N) is 1. The summed E-state index contributed by atoms with van der Waals surface area (Å²) in [5.41, 5.74) is 1.69. The van der Waals surface area contributed by atoms with Gasteiger partial charge in [0.25, 0.3) is 15.9 Å². The van der Waals surface area contributed by atoms with Gasteiger partial charge in [-0.3, -0.25) is 14.4 Å². The summed E-state index contributed by atoms with van der Waals surface area (Å²) in [6.45, 7) is 7.98. The lowest BCUT2D eigenvalue weighted by Gasteiger charge is -2.36. The maximum atomic E-state index is 14.3. The Labute approximate surface area is 268 Å². The number of rotatable bonds is 9. The van der Waals surface area contributed by atoms with E-state index in [1.165, 1.54) is 23.8 Å². The first-order valence-corrected chi connectivity index (χ1v) is 17.2. The van der Waals surface area contributed by atoms with Crippen molar-refractivity contribution in [2.24, 2.45) is 5.92 Å². The highest BCUT2D eigenvalue weighted by molar-refractivity contribution is 7.92. The molecule has 0 aliphatic carbocycles. The van der Waals surface area contributed by atoms with Crippen molar-refractivity contribution >= 4 is 21.6 Å². The highest BCUT2D eigenvalue weighted by atomic mass is 32.2. The van der Waals surface area contributed by atoms with E-state index in [1.54, 1.807) is 42.2 Å². The van der Waals surface area contributed by atoms with Crippen molar-refractivity contribution in [2.75, 3.05) is 38.1 Å². The van der Waals surface area contributed by atoms with Crippen molar-refractivity contribution in [3.8, 4) is 5.75 Å². The second kappa shape index (κ2) is 16.2. The van der Waals surface area contributed by atoms with Gasteiger partial charge in [0.15, 0.2) is 0 Å². The smallest absolute Gasteiger partial charge is 0.261 e. The third kappa shape index (κ3) is 9.77. The second-order valence-electron chi connectivity index (χ2n) is 12.1. The Hall–Kier alpha value is -3.44. The number of aliphatic hydroxyl groups is 1. The quantitative estimate of drug-likeness (QED) is 0.323. The lowest BCUT2D eigenvalue weighted by Crippen LogP contribution is -2.47. The molecular weight excluding hydrogens is 590 g/mol. The summed E-state index contributed by atoms with van der Waals surface area (Å²) in [5.74, 6) is -0.0302. The van der Waals surface area contributed by atoms with Gasteiger partial charge in [-0.25, -0.2) is 8.42 Å². The van der Waals surface area contributed by atoms with E-state index in [2.05, 4.69) is 35.7 Å². The zero-order valence-electron chi connectivity index (χ0n) is 26.8. The van der Waals surface area contributed by atoms with Gasteiger partial charge in [0.1, 0.15) is 5.75 Å². The molecule has 3 aromatic rings. The number of carbonyl (C=O) groups excluding carboxylic acids is 1. The average Bonchev–Trinajstić information content (AvgIpc) is 3.03. The number of likely N-dealkylation sites (N-methyl/N-ethyl adjacent to an activating group) is 1. The molecule has 0 fully saturated rings. The molecule has 0 saturated heterocycles. The third-order valence-electron chi connectivity index (χ3n) is 8.14. The summed E-state index contributed by atoms with van der Waals surface area (Å²) in [6.07, 6.45) is 2.21. The van der Waals surface area contributed by atoms with Gasteiger partial charge >= 0.3 is 0 Å². The number of hydrogen-bond donors (Lipinski definition) is 2. The van der Waals surface area contributed by atoms with Gasteiger partial charge < -0.3 is 19.5 Å². The molecule has 1 aliphatic heterocycles. The van der Waals surface area contributed by atoms with Gasteiger partial charge in [-0.1, -0.05) is 55.5 Å². The van der Waals surface area contributed by atoms with Gasteiger partial charge in [-0.2, -0.15) is 0 Å². The molecule has 0 aromatic heterocycles. The Kier molecular flexibility index (Phi) is 12.4. The van der Waals surface area contributed by atoms with Gasteiger partial charge in [0, 0.05) is 37.8 Å². The molecule has 0 radical (unpaired) electrons. The molecule has 0 saturated carbocycles. The molecule has 10 heteroatoms. The largest absolute Gasteiger partial charge is 0.490 e. The SMILES string of the molecule is C[C@H](CO)N1C[C@H](C)[C@H](CN(C)Cc2ccccc2)OCCCC[C@H](C)Oc2ccc(NS(=O)(=O)c3ccccc3)cc2C1=O. The van der Waals surface area contributed by atoms with E-state index in [-0.39, 0.29) is 46.8 Å². The van der Waals surface area contributed by atoms with Crippen molar-refractivity contribution in [1.82, 2.24) is 9.80 Å². The summed E-state index contributed by atoms with van der Waals surface area (Å²) in [7, 11) is -1.81. The minimum atomic E-state index is -3.88. The fraction of sp³-hybridized carbons (Fsp3) is 0.457. The van der Waals surface area contributed by atoms with E-state index in [0.717, 1.165) is 25.8 Å². The maximum Gasteiger partial charge on any atom is 0.261 e. The van der Waals surface area contributed by atoms with Crippen molar-refractivity contribution in [3.63, 3.8) is 0 Å². The molecule has 4 rings (SSSR count). The molecule has 45 heavy (non-hydrogen) atoms. The van der Waals surface area contributed by atoms with Crippen LogP contribution in [0.1, 0.15) is 56.0 Å². The van der Waals surface area contributed by atoms with Gasteiger partial charge in [0.2, 0.25) is 0 Å². The summed E-state index contributed by atoms with van der Waals surface area (Å²) in [5, 5.41) is 10.2. The minimum Gasteiger partial charge on any atom is -0.490 e. The third-order valence-corrected chi connectivity index (χ3v) is 9.54. The second-order valence-corrected chi connectivity index (χ2v) is 13.8. The zero-order valence-corrected chi connectivity index (χ0v) is 27.6. The minimum absolute atomic E-state index is 0.0628. The van der Waals surface area contributed by atoms with E-state index in [0.29, 0.717) is 25.4 Å². The Morgan fingerprint density at radius 3 is 2.40 bits per heavy atom. The van der Waals surface area contributed by atoms with Crippen LogP contribution in [0.15, 0.2) is 83.8 Å². The van der Waals surface area contributed by atoms with Crippen LogP contribution in [-0.4, -0.2) is 80.8 Å². The van der Waals surface area contributed by atoms with Crippen LogP contribution in [0.3, 0.4) is 0 Å². The lowest BCUT2D eigenvalue weighted by molar-refractivity contribution is -0.0177. The van der Waals surface area contributed by atoms with Crippen LogP contribution in [0, 0.1) is 5.92 Å². The fourth-order valence-electron chi connectivity index (χ4n) is 5.53. The molecule has 0 bridgehead atoms.